The van der Waals surface area contributed by atoms with Gasteiger partial charge in [-0.3, -0.25) is 4.79 Å². The molecule has 3 aromatic carbocycles. The van der Waals surface area contributed by atoms with Gasteiger partial charge in [-0.2, -0.15) is 0 Å². The van der Waals surface area contributed by atoms with E-state index in [0.29, 0.717) is 5.56 Å². The van der Waals surface area contributed by atoms with E-state index in [4.69, 9.17) is 0 Å². The number of aryl methyl sites for hydroxylation is 1. The Labute approximate surface area is 145 Å². The number of carbonyl (C=O) groups excluding carboxylic acids is 1. The Morgan fingerprint density at radius 2 is 1.68 bits per heavy atom. The maximum absolute atomic E-state index is 12.6. The van der Waals surface area contributed by atoms with E-state index in [1.807, 2.05) is 86.0 Å². The first-order valence-electron chi connectivity index (χ1n) is 8.22. The molecule has 0 spiro atoms. The van der Waals surface area contributed by atoms with Crippen LogP contribution in [0, 0.1) is 0 Å². The van der Waals surface area contributed by atoms with Gasteiger partial charge in [0.05, 0.1) is 5.21 Å². The Morgan fingerprint density at radius 1 is 0.960 bits per heavy atom. The molecule has 0 amide bonds. The van der Waals surface area contributed by atoms with Crippen LogP contribution in [0.3, 0.4) is 0 Å². The van der Waals surface area contributed by atoms with Crippen molar-refractivity contribution in [1.29, 1.82) is 0 Å². The molecule has 0 fully saturated rings. The van der Waals surface area contributed by atoms with Crippen LogP contribution < -0.4 is 4.68 Å². The summed E-state index contributed by atoms with van der Waals surface area (Å²) in [6.45, 7) is 0.221. The molecule has 122 valence electrons. The van der Waals surface area contributed by atoms with E-state index in [0.717, 1.165) is 22.0 Å². The normalized spacial score (nSPS) is 10.9. The highest BCUT2D eigenvalue weighted by molar-refractivity contribution is 5.99. The van der Waals surface area contributed by atoms with Gasteiger partial charge in [0.25, 0.3) is 0 Å². The van der Waals surface area contributed by atoms with Crippen LogP contribution in [0.5, 0.6) is 0 Å². The summed E-state index contributed by atoms with van der Waals surface area (Å²) in [6.07, 6.45) is 1.91. The van der Waals surface area contributed by atoms with Crippen molar-refractivity contribution in [2.75, 3.05) is 0 Å². The highest BCUT2D eigenvalue weighted by Crippen LogP contribution is 2.17. The van der Waals surface area contributed by atoms with Crippen LogP contribution in [0.4, 0.5) is 0 Å². The van der Waals surface area contributed by atoms with Crippen molar-refractivity contribution in [3.8, 4) is 11.3 Å². The summed E-state index contributed by atoms with van der Waals surface area (Å²) < 4.78 is 3.49. The Morgan fingerprint density at radius 3 is 2.48 bits per heavy atom. The lowest BCUT2D eigenvalue weighted by atomic mass is 10.0. The first-order valence-corrected chi connectivity index (χ1v) is 8.22. The fourth-order valence-electron chi connectivity index (χ4n) is 3.02. The quantitative estimate of drug-likeness (QED) is 0.425. The number of ketones is 1. The molecule has 0 saturated carbocycles. The van der Waals surface area contributed by atoms with Gasteiger partial charge in [-0.1, -0.05) is 66.7 Å². The van der Waals surface area contributed by atoms with E-state index in [1.165, 1.54) is 0 Å². The molecule has 4 aromatic rings. The third kappa shape index (κ3) is 3.06. The summed E-state index contributed by atoms with van der Waals surface area (Å²) in [5.41, 5.74) is 2.76. The predicted molar refractivity (Wildman–Crippen MR) is 97.1 cm³/mol. The minimum absolute atomic E-state index is 0.0495. The molecule has 25 heavy (non-hydrogen) atoms. The van der Waals surface area contributed by atoms with Gasteiger partial charge in [-0.15, -0.1) is 9.36 Å². The molecule has 0 aliphatic rings. The van der Waals surface area contributed by atoms with Crippen LogP contribution in [-0.4, -0.2) is 15.7 Å². The average Bonchev–Trinajstić information content (AvgIpc) is 3.02. The smallest absolute Gasteiger partial charge is 0.206 e. The second-order valence-corrected chi connectivity index (χ2v) is 6.08. The summed E-state index contributed by atoms with van der Waals surface area (Å²) in [6, 6.07) is 23.9. The summed E-state index contributed by atoms with van der Waals surface area (Å²) >= 11 is 0. The first-order chi connectivity index (χ1) is 12.2. The standard InChI is InChI=1S/C21H18N3O/c1-23-20(17-8-3-2-4-9-17)14-24(22-23)15-21(25)19-12-11-16-7-5-6-10-18(16)13-19/h2-14H,15H2,1H3/q+1. The zero-order chi connectivity index (χ0) is 17.2. The van der Waals surface area contributed by atoms with Gasteiger partial charge in [0.2, 0.25) is 5.78 Å². The molecular formula is C21H18N3O+. The van der Waals surface area contributed by atoms with Gasteiger partial charge in [-0.05, 0) is 16.8 Å². The maximum atomic E-state index is 12.6. The van der Waals surface area contributed by atoms with E-state index in [-0.39, 0.29) is 12.3 Å². The zero-order valence-corrected chi connectivity index (χ0v) is 14.0. The lowest BCUT2D eigenvalue weighted by molar-refractivity contribution is -0.742. The highest BCUT2D eigenvalue weighted by atomic mass is 16.1. The van der Waals surface area contributed by atoms with Crippen molar-refractivity contribution >= 4 is 16.6 Å². The number of Topliss-reactive ketones (excluding diaryl/α,β-unsaturated/α-hetero) is 1. The Kier molecular flexibility index (Phi) is 3.86. The second kappa shape index (κ2) is 6.32. The minimum atomic E-state index is 0.0495. The van der Waals surface area contributed by atoms with Crippen LogP contribution in [0.25, 0.3) is 22.0 Å². The molecule has 1 heterocycles. The average molecular weight is 328 g/mol. The molecule has 0 bridgehead atoms. The van der Waals surface area contributed by atoms with Gasteiger partial charge in [0, 0.05) is 11.1 Å². The van der Waals surface area contributed by atoms with E-state index in [9.17, 15) is 4.79 Å². The summed E-state index contributed by atoms with van der Waals surface area (Å²) in [7, 11) is 1.89. The Bertz CT molecular complexity index is 1050. The third-order valence-electron chi connectivity index (χ3n) is 4.32. The Hall–Kier alpha value is -3.27. The molecule has 0 radical (unpaired) electrons. The van der Waals surface area contributed by atoms with Crippen molar-refractivity contribution in [3.63, 3.8) is 0 Å². The molecule has 4 rings (SSSR count). The molecular weight excluding hydrogens is 310 g/mol. The number of hydrogen-bond acceptors (Lipinski definition) is 2. The second-order valence-electron chi connectivity index (χ2n) is 6.08. The van der Waals surface area contributed by atoms with Gasteiger partial charge < -0.3 is 0 Å². The van der Waals surface area contributed by atoms with Crippen LogP contribution in [-0.2, 0) is 13.6 Å². The van der Waals surface area contributed by atoms with Crippen molar-refractivity contribution in [2.24, 2.45) is 7.05 Å². The van der Waals surface area contributed by atoms with E-state index >= 15 is 0 Å². The summed E-state index contributed by atoms with van der Waals surface area (Å²) in [5.74, 6) is 0.0495. The van der Waals surface area contributed by atoms with Gasteiger partial charge in [0.1, 0.15) is 7.05 Å². The lowest BCUT2D eigenvalue weighted by Crippen LogP contribution is -2.40. The van der Waals surface area contributed by atoms with Crippen molar-refractivity contribution < 1.29 is 9.48 Å². The van der Waals surface area contributed by atoms with E-state index in [2.05, 4.69) is 5.21 Å². The number of rotatable bonds is 4. The minimum Gasteiger partial charge on any atom is -0.290 e. The molecule has 0 aliphatic heterocycles. The molecule has 4 nitrogen and oxygen atoms in total. The number of fused-ring (bicyclic) bond motifs is 1. The third-order valence-corrected chi connectivity index (χ3v) is 4.32. The molecule has 1 aromatic heterocycles. The predicted octanol–water partition coefficient (Wildman–Crippen LogP) is 3.41. The number of nitrogens with zero attached hydrogens (tertiary/aromatic N) is 3. The zero-order valence-electron chi connectivity index (χ0n) is 14.0. The molecule has 0 atom stereocenters. The van der Waals surface area contributed by atoms with E-state index in [1.54, 1.807) is 9.36 Å². The number of benzene rings is 3. The summed E-state index contributed by atoms with van der Waals surface area (Å²) in [5, 5.41) is 6.64. The van der Waals surface area contributed by atoms with Crippen molar-refractivity contribution in [1.82, 2.24) is 9.90 Å². The van der Waals surface area contributed by atoms with Crippen molar-refractivity contribution in [3.05, 3.63) is 84.6 Å². The van der Waals surface area contributed by atoms with Crippen molar-refractivity contribution in [2.45, 2.75) is 6.54 Å². The number of hydrogen-bond donors (Lipinski definition) is 0. The topological polar surface area (TPSA) is 38.8 Å². The first kappa shape index (κ1) is 15.3. The van der Waals surface area contributed by atoms with Gasteiger partial charge >= 0.3 is 0 Å². The molecule has 0 N–H and O–H groups in total. The molecule has 0 saturated heterocycles. The monoisotopic (exact) mass is 328 g/mol. The fraction of sp³-hybridized carbons (Fsp3) is 0.0952. The lowest BCUT2D eigenvalue weighted by Gasteiger charge is -2.01. The van der Waals surface area contributed by atoms with Crippen LogP contribution in [0.1, 0.15) is 10.4 Å². The van der Waals surface area contributed by atoms with Crippen LogP contribution >= 0.6 is 0 Å². The number of aromatic nitrogens is 3. The molecule has 0 aliphatic carbocycles. The SMILES string of the molecule is Cn1n[n+](CC(=O)c2ccc3ccccc3c2)cc1-c1ccccc1. The Balaban J connectivity index is 1.60. The highest BCUT2D eigenvalue weighted by Gasteiger charge is 2.18. The van der Waals surface area contributed by atoms with Gasteiger partial charge in [-0.25, -0.2) is 0 Å². The fourth-order valence-corrected chi connectivity index (χ4v) is 3.02. The molecule has 4 heteroatoms. The van der Waals surface area contributed by atoms with Gasteiger partial charge in [0.15, 0.2) is 18.4 Å². The van der Waals surface area contributed by atoms with E-state index < -0.39 is 0 Å². The molecule has 0 unspecified atom stereocenters. The number of carbonyl (C=O) groups is 1. The maximum Gasteiger partial charge on any atom is 0.206 e. The van der Waals surface area contributed by atoms with Crippen LogP contribution in [0.2, 0.25) is 0 Å². The van der Waals surface area contributed by atoms with Crippen LogP contribution in [0.15, 0.2) is 79.0 Å². The largest absolute Gasteiger partial charge is 0.290 e. The summed E-state index contributed by atoms with van der Waals surface area (Å²) in [4.78, 5) is 12.6.